The third kappa shape index (κ3) is 10.6. The molecule has 0 amide bonds. The van der Waals surface area contributed by atoms with Crippen LogP contribution in [0, 0.1) is 0 Å². The van der Waals surface area contributed by atoms with Gasteiger partial charge in [-0.1, -0.05) is 24.3 Å². The van der Waals surface area contributed by atoms with Crippen LogP contribution in [0.2, 0.25) is 0 Å². The van der Waals surface area contributed by atoms with Crippen LogP contribution in [0.15, 0.2) is 24.3 Å². The fourth-order valence-corrected chi connectivity index (χ4v) is 0.856. The summed E-state index contributed by atoms with van der Waals surface area (Å²) in [4.78, 5) is 0. The van der Waals surface area contributed by atoms with E-state index in [1.54, 1.807) is 0 Å². The predicted octanol–water partition coefficient (Wildman–Crippen LogP) is 4.05. The number of rotatable bonds is 0. The number of hydrogen-bond donors (Lipinski definition) is 0. The van der Waals surface area contributed by atoms with Gasteiger partial charge in [0.25, 0.3) is 0 Å². The van der Waals surface area contributed by atoms with Gasteiger partial charge < -0.3 is 0 Å². The van der Waals surface area contributed by atoms with Gasteiger partial charge in [0.2, 0.25) is 0 Å². The summed E-state index contributed by atoms with van der Waals surface area (Å²) in [6.07, 6.45) is 14.0. The first-order valence-corrected chi connectivity index (χ1v) is 6.26. The van der Waals surface area contributed by atoms with Crippen molar-refractivity contribution in [1.82, 2.24) is 0 Å². The molecule has 3 heteroatoms. The molecule has 0 unspecified atom stereocenters. The first-order valence-electron chi connectivity index (χ1n) is 3.54. The first kappa shape index (κ1) is 11.6. The van der Waals surface area contributed by atoms with Crippen LogP contribution in [0.5, 0.6) is 0 Å². The van der Waals surface area contributed by atoms with E-state index in [-0.39, 0.29) is 0 Å². The summed E-state index contributed by atoms with van der Waals surface area (Å²) >= 11 is 0.569. The van der Waals surface area contributed by atoms with Crippen LogP contribution in [-0.4, -0.2) is 0 Å². The van der Waals surface area contributed by atoms with Crippen molar-refractivity contribution >= 4 is 20.4 Å². The first-order chi connectivity index (χ1) is 5.41. The van der Waals surface area contributed by atoms with Crippen LogP contribution in [0.25, 0.3) is 0 Å². The van der Waals surface area contributed by atoms with Gasteiger partial charge in [-0.25, -0.2) is 0 Å². The molecule has 0 spiro atoms. The van der Waals surface area contributed by atoms with Gasteiger partial charge in [0.15, 0.2) is 0 Å². The van der Waals surface area contributed by atoms with Crippen molar-refractivity contribution in [3.8, 4) is 0 Å². The van der Waals surface area contributed by atoms with Crippen molar-refractivity contribution in [3.63, 3.8) is 0 Å². The van der Waals surface area contributed by atoms with Crippen LogP contribution < -0.4 is 0 Å². The molecule has 0 heterocycles. The summed E-state index contributed by atoms with van der Waals surface area (Å²) in [5.74, 6) is 0. The van der Waals surface area contributed by atoms with Gasteiger partial charge in [0.1, 0.15) is 0 Å². The van der Waals surface area contributed by atoms with Crippen molar-refractivity contribution in [2.24, 2.45) is 0 Å². The molecule has 0 saturated heterocycles. The van der Waals surface area contributed by atoms with E-state index in [0.717, 1.165) is 0 Å². The molecule has 1 aliphatic rings. The number of halogens is 2. The van der Waals surface area contributed by atoms with Crippen LogP contribution in [0.1, 0.15) is 25.7 Å². The molecule has 0 aliphatic heterocycles. The molecule has 0 atom stereocenters. The summed E-state index contributed by atoms with van der Waals surface area (Å²) in [5.41, 5.74) is 0. The van der Waals surface area contributed by atoms with Gasteiger partial charge in [0.05, 0.1) is 0 Å². The average molecular weight is 238 g/mol. The molecule has 68 valence electrons. The second-order valence-corrected chi connectivity index (χ2v) is 3.77. The van der Waals surface area contributed by atoms with Gasteiger partial charge in [0, 0.05) is 0 Å². The van der Waals surface area contributed by atoms with E-state index in [4.69, 9.17) is 20.4 Å². The van der Waals surface area contributed by atoms with Gasteiger partial charge >= 0.3 is 33.0 Å². The Bertz CT molecular complexity index is 95.3. The minimum atomic E-state index is 0.569. The van der Waals surface area contributed by atoms with E-state index >= 15 is 0 Å². The third-order valence-electron chi connectivity index (χ3n) is 1.33. The molecule has 0 radical (unpaired) electrons. The second kappa shape index (κ2) is 10.6. The van der Waals surface area contributed by atoms with Gasteiger partial charge in [-0.15, -0.1) is 0 Å². The summed E-state index contributed by atoms with van der Waals surface area (Å²) in [7, 11) is 9.40. The Kier molecular flexibility index (Phi) is 11.1. The number of hydrogen-bond acceptors (Lipinski definition) is 0. The molecule has 1 rings (SSSR count). The van der Waals surface area contributed by atoms with Crippen LogP contribution in [0.3, 0.4) is 0 Å². The molecule has 0 saturated carbocycles. The molecule has 0 aromatic rings. The van der Waals surface area contributed by atoms with E-state index in [1.165, 1.54) is 25.7 Å². The molecule has 0 nitrogen and oxygen atoms in total. The SMILES string of the molecule is C1=CCC/C=C\CC1.[Cl][Ni][Cl]. The predicted molar refractivity (Wildman–Crippen MR) is 48.5 cm³/mol. The minimum absolute atomic E-state index is 0.569. The van der Waals surface area contributed by atoms with Crippen LogP contribution in [0.4, 0.5) is 0 Å². The maximum absolute atomic E-state index is 4.70. The Labute approximate surface area is 83.0 Å². The van der Waals surface area contributed by atoms with Crippen LogP contribution in [-0.2, 0) is 12.7 Å². The van der Waals surface area contributed by atoms with E-state index in [1.807, 2.05) is 0 Å². The summed E-state index contributed by atoms with van der Waals surface area (Å²) in [6.45, 7) is 0. The van der Waals surface area contributed by atoms with Gasteiger partial charge in [-0.3, -0.25) is 0 Å². The third-order valence-corrected chi connectivity index (χ3v) is 1.33. The van der Waals surface area contributed by atoms with E-state index < -0.39 is 0 Å². The topological polar surface area (TPSA) is 0 Å². The molecule has 0 N–H and O–H groups in total. The molecular weight excluding hydrogens is 226 g/mol. The summed E-state index contributed by atoms with van der Waals surface area (Å²) in [5, 5.41) is 0. The second-order valence-electron chi connectivity index (χ2n) is 2.14. The van der Waals surface area contributed by atoms with Crippen molar-refractivity contribution in [2.75, 3.05) is 0 Å². The molecule has 0 fully saturated rings. The van der Waals surface area contributed by atoms with Crippen molar-refractivity contribution in [1.29, 1.82) is 0 Å². The normalized spacial score (nSPS) is 19.5. The van der Waals surface area contributed by atoms with Crippen LogP contribution >= 0.6 is 20.4 Å². The fraction of sp³-hybridized carbons (Fsp3) is 0.500. The average Bonchev–Trinajstić information content (AvgIpc) is 1.86. The molecular formula is C8H12Cl2Ni. The number of allylic oxidation sites excluding steroid dienone is 4. The van der Waals surface area contributed by atoms with Crippen molar-refractivity contribution < 1.29 is 12.7 Å². The van der Waals surface area contributed by atoms with Crippen molar-refractivity contribution in [2.45, 2.75) is 25.7 Å². The monoisotopic (exact) mass is 236 g/mol. The quantitative estimate of drug-likeness (QED) is 0.441. The fourth-order valence-electron chi connectivity index (χ4n) is 0.856. The summed E-state index contributed by atoms with van der Waals surface area (Å²) in [6, 6.07) is 0. The Balaban J connectivity index is 0.000000292. The van der Waals surface area contributed by atoms with E-state index in [9.17, 15) is 0 Å². The van der Waals surface area contributed by atoms with Crippen molar-refractivity contribution in [3.05, 3.63) is 24.3 Å². The zero-order chi connectivity index (χ0) is 8.36. The standard InChI is InChI=1S/C8H12.2ClH.Ni/c1-2-4-6-8-7-5-3-1;;;/h1-2,7-8H,3-6H2;2*1H;/q;;;+2/p-2/b2-1-,8-7?;;;. The Morgan fingerprint density at radius 2 is 0.909 bits per heavy atom. The van der Waals surface area contributed by atoms with E-state index in [0.29, 0.717) is 12.7 Å². The molecule has 0 aromatic carbocycles. The Hall–Kier alpha value is 0.554. The molecule has 1 aliphatic carbocycles. The maximum atomic E-state index is 4.70. The Morgan fingerprint density at radius 1 is 0.727 bits per heavy atom. The molecule has 0 aromatic heterocycles. The zero-order valence-corrected chi connectivity index (χ0v) is 8.71. The zero-order valence-electron chi connectivity index (χ0n) is 6.21. The molecule has 0 bridgehead atoms. The van der Waals surface area contributed by atoms with Gasteiger partial charge in [-0.2, -0.15) is 0 Å². The van der Waals surface area contributed by atoms with Gasteiger partial charge in [-0.05, 0) is 25.7 Å². The molecule has 11 heavy (non-hydrogen) atoms. The summed E-state index contributed by atoms with van der Waals surface area (Å²) < 4.78 is 0. The van der Waals surface area contributed by atoms with E-state index in [2.05, 4.69) is 24.3 Å². The Morgan fingerprint density at radius 3 is 1.09 bits per heavy atom.